The van der Waals surface area contributed by atoms with Crippen molar-refractivity contribution in [3.63, 3.8) is 0 Å². The number of hydrogen-bond donors (Lipinski definition) is 2. The first-order valence-electron chi connectivity index (χ1n) is 9.54. The summed E-state index contributed by atoms with van der Waals surface area (Å²) in [5.74, 6) is -0.298. The average Bonchev–Trinajstić information content (AvgIpc) is 2.75. The molecule has 29 heavy (non-hydrogen) atoms. The number of nitriles is 1. The van der Waals surface area contributed by atoms with E-state index < -0.39 is 0 Å². The number of piperidine rings is 1. The van der Waals surface area contributed by atoms with Gasteiger partial charge in [0.05, 0.1) is 29.5 Å². The van der Waals surface area contributed by atoms with Gasteiger partial charge in [-0.15, -0.1) is 0 Å². The molecule has 0 aliphatic carbocycles. The molecule has 1 aliphatic rings. The van der Waals surface area contributed by atoms with Gasteiger partial charge in [0.1, 0.15) is 0 Å². The number of benzene rings is 1. The van der Waals surface area contributed by atoms with Crippen LogP contribution in [0.15, 0.2) is 42.7 Å². The molecule has 8 nitrogen and oxygen atoms in total. The molecular weight excluding hydrogens is 370 g/mol. The Morgan fingerprint density at radius 1 is 1.24 bits per heavy atom. The van der Waals surface area contributed by atoms with Crippen LogP contribution in [0.5, 0.6) is 0 Å². The van der Waals surface area contributed by atoms with E-state index in [0.717, 1.165) is 18.5 Å². The van der Waals surface area contributed by atoms with E-state index in [9.17, 15) is 9.59 Å². The summed E-state index contributed by atoms with van der Waals surface area (Å²) < 4.78 is 5.03. The van der Waals surface area contributed by atoms with Crippen molar-refractivity contribution in [3.05, 3.63) is 53.9 Å². The molecule has 0 atom stereocenters. The molecule has 8 heteroatoms. The molecule has 150 valence electrons. The van der Waals surface area contributed by atoms with Crippen molar-refractivity contribution in [2.45, 2.75) is 25.8 Å². The van der Waals surface area contributed by atoms with Gasteiger partial charge in [-0.25, -0.2) is 4.79 Å². The molecule has 2 N–H and O–H groups in total. The van der Waals surface area contributed by atoms with Gasteiger partial charge < -0.3 is 20.3 Å². The molecular formula is C21H23N5O3. The monoisotopic (exact) mass is 393 g/mol. The maximum atomic E-state index is 12.5. The van der Waals surface area contributed by atoms with Gasteiger partial charge in [-0.2, -0.15) is 5.26 Å². The highest BCUT2D eigenvalue weighted by atomic mass is 16.6. The minimum Gasteiger partial charge on any atom is -0.450 e. The Morgan fingerprint density at radius 2 is 2.03 bits per heavy atom. The van der Waals surface area contributed by atoms with Gasteiger partial charge >= 0.3 is 6.09 Å². The highest BCUT2D eigenvalue weighted by molar-refractivity contribution is 6.04. The van der Waals surface area contributed by atoms with E-state index >= 15 is 0 Å². The lowest BCUT2D eigenvalue weighted by atomic mass is 10.1. The molecule has 2 heterocycles. The summed E-state index contributed by atoms with van der Waals surface area (Å²) in [5.41, 5.74) is 2.20. The van der Waals surface area contributed by atoms with E-state index in [4.69, 9.17) is 10.00 Å². The zero-order valence-corrected chi connectivity index (χ0v) is 16.2. The topological polar surface area (TPSA) is 107 Å². The maximum absolute atomic E-state index is 12.5. The van der Waals surface area contributed by atoms with Crippen molar-refractivity contribution in [1.82, 2.24) is 9.88 Å². The highest BCUT2D eigenvalue weighted by Crippen LogP contribution is 2.18. The number of pyridine rings is 1. The fourth-order valence-corrected chi connectivity index (χ4v) is 3.17. The first-order valence-corrected chi connectivity index (χ1v) is 9.54. The van der Waals surface area contributed by atoms with Crippen LogP contribution in [0.4, 0.5) is 16.2 Å². The molecule has 1 aromatic heterocycles. The third kappa shape index (κ3) is 5.45. The molecule has 0 spiro atoms. The molecule has 0 radical (unpaired) electrons. The van der Waals surface area contributed by atoms with Crippen LogP contribution in [-0.2, 0) is 4.74 Å². The lowest BCUT2D eigenvalue weighted by Gasteiger charge is -2.32. The molecule has 1 aromatic carbocycles. The van der Waals surface area contributed by atoms with Crippen LogP contribution in [0, 0.1) is 11.3 Å². The largest absolute Gasteiger partial charge is 0.450 e. The summed E-state index contributed by atoms with van der Waals surface area (Å²) in [7, 11) is 0. The zero-order valence-electron chi connectivity index (χ0n) is 16.2. The maximum Gasteiger partial charge on any atom is 0.409 e. The van der Waals surface area contributed by atoms with E-state index in [-0.39, 0.29) is 18.0 Å². The van der Waals surface area contributed by atoms with Crippen LogP contribution in [0.25, 0.3) is 0 Å². The number of amides is 2. The summed E-state index contributed by atoms with van der Waals surface area (Å²) in [6, 6.07) is 10.7. The summed E-state index contributed by atoms with van der Waals surface area (Å²) in [4.78, 5) is 30.2. The number of anilines is 2. The number of nitrogens with one attached hydrogen (secondary N) is 2. The van der Waals surface area contributed by atoms with Crippen LogP contribution in [0.1, 0.15) is 35.7 Å². The Balaban J connectivity index is 1.58. The van der Waals surface area contributed by atoms with E-state index in [2.05, 4.69) is 15.6 Å². The number of rotatable bonds is 5. The zero-order chi connectivity index (χ0) is 20.6. The van der Waals surface area contributed by atoms with Crippen molar-refractivity contribution in [2.24, 2.45) is 0 Å². The lowest BCUT2D eigenvalue weighted by Crippen LogP contribution is -2.42. The van der Waals surface area contributed by atoms with Crippen LogP contribution in [0.2, 0.25) is 0 Å². The smallest absolute Gasteiger partial charge is 0.409 e. The fraction of sp³-hybridized carbons (Fsp3) is 0.333. The average molecular weight is 393 g/mol. The number of carbonyl (C=O) groups excluding carboxylic acids is 2. The molecule has 2 aromatic rings. The normalized spacial score (nSPS) is 14.0. The van der Waals surface area contributed by atoms with Crippen LogP contribution in [0.3, 0.4) is 0 Å². The van der Waals surface area contributed by atoms with Crippen molar-refractivity contribution in [3.8, 4) is 6.07 Å². The number of hydrogen-bond acceptors (Lipinski definition) is 6. The molecule has 0 bridgehead atoms. The number of carbonyl (C=O) groups is 2. The molecule has 0 unspecified atom stereocenters. The molecule has 2 amide bonds. The second-order valence-corrected chi connectivity index (χ2v) is 6.71. The predicted octanol–water partition coefficient (Wildman–Crippen LogP) is 3.24. The molecule has 0 saturated carbocycles. The number of nitrogens with zero attached hydrogens (tertiary/aromatic N) is 3. The van der Waals surface area contributed by atoms with Crippen LogP contribution >= 0.6 is 0 Å². The third-order valence-corrected chi connectivity index (χ3v) is 4.64. The third-order valence-electron chi connectivity index (χ3n) is 4.64. The van der Waals surface area contributed by atoms with E-state index in [1.807, 2.05) is 6.07 Å². The standard InChI is InChI=1S/C21H23N5O3/c1-2-29-21(28)26-8-6-17(7-9-26)24-19-11-16(13-23-14-19)20(27)25-18-5-3-4-15(10-18)12-22/h3-5,10-11,13-14,17,24H,2,6-9H2,1H3,(H,25,27). The highest BCUT2D eigenvalue weighted by Gasteiger charge is 2.23. The summed E-state index contributed by atoms with van der Waals surface area (Å²) in [5, 5.41) is 15.1. The minimum absolute atomic E-state index is 0.188. The lowest BCUT2D eigenvalue weighted by molar-refractivity contribution is 0.0981. The molecule has 3 rings (SSSR count). The molecule has 1 fully saturated rings. The second-order valence-electron chi connectivity index (χ2n) is 6.71. The molecule has 1 saturated heterocycles. The van der Waals surface area contributed by atoms with Gasteiger partial charge in [0.25, 0.3) is 5.91 Å². The van der Waals surface area contributed by atoms with Crippen molar-refractivity contribution in [1.29, 1.82) is 5.26 Å². The van der Waals surface area contributed by atoms with Gasteiger partial charge in [-0.05, 0) is 44.0 Å². The van der Waals surface area contributed by atoms with Gasteiger partial charge in [0.2, 0.25) is 0 Å². The van der Waals surface area contributed by atoms with Gasteiger partial charge in [0, 0.05) is 37.2 Å². The Kier molecular flexibility index (Phi) is 6.63. The second kappa shape index (κ2) is 9.55. The van der Waals surface area contributed by atoms with E-state index in [0.29, 0.717) is 36.5 Å². The first kappa shape index (κ1) is 20.1. The first-order chi connectivity index (χ1) is 14.1. The number of ether oxygens (including phenoxy) is 1. The van der Waals surface area contributed by atoms with Gasteiger partial charge in [-0.3, -0.25) is 9.78 Å². The summed E-state index contributed by atoms with van der Waals surface area (Å²) >= 11 is 0. The Bertz CT molecular complexity index is 917. The van der Waals surface area contributed by atoms with Gasteiger partial charge in [0.15, 0.2) is 0 Å². The van der Waals surface area contributed by atoms with Crippen LogP contribution in [-0.4, -0.2) is 47.6 Å². The number of likely N-dealkylation sites (tertiary alicyclic amines) is 1. The Hall–Kier alpha value is -3.60. The summed E-state index contributed by atoms with van der Waals surface area (Å²) in [6.07, 6.45) is 4.47. The van der Waals surface area contributed by atoms with Gasteiger partial charge in [-0.1, -0.05) is 6.07 Å². The SMILES string of the molecule is CCOC(=O)N1CCC(Nc2cncc(C(=O)Nc3cccc(C#N)c3)c2)CC1. The predicted molar refractivity (Wildman–Crippen MR) is 109 cm³/mol. The fourth-order valence-electron chi connectivity index (χ4n) is 3.17. The quantitative estimate of drug-likeness (QED) is 0.807. The number of aromatic nitrogens is 1. The Morgan fingerprint density at radius 3 is 2.76 bits per heavy atom. The van der Waals surface area contributed by atoms with Crippen molar-refractivity contribution in [2.75, 3.05) is 30.3 Å². The Labute approximate surface area is 169 Å². The van der Waals surface area contributed by atoms with Crippen molar-refractivity contribution < 1.29 is 14.3 Å². The molecule has 1 aliphatic heterocycles. The van der Waals surface area contributed by atoms with Crippen LogP contribution < -0.4 is 10.6 Å². The summed E-state index contributed by atoms with van der Waals surface area (Å²) in [6.45, 7) is 3.42. The minimum atomic E-state index is -0.298. The van der Waals surface area contributed by atoms with E-state index in [1.54, 1.807) is 48.4 Å². The van der Waals surface area contributed by atoms with E-state index in [1.165, 1.54) is 6.20 Å². The van der Waals surface area contributed by atoms with Crippen molar-refractivity contribution >= 4 is 23.4 Å².